The molecule has 3 atom stereocenters. The van der Waals surface area contributed by atoms with Crippen molar-refractivity contribution in [2.75, 3.05) is 6.61 Å². The van der Waals surface area contributed by atoms with Gasteiger partial charge in [0.25, 0.3) is 0 Å². The van der Waals surface area contributed by atoms with Crippen molar-refractivity contribution in [3.8, 4) is 5.75 Å². The highest BCUT2D eigenvalue weighted by Crippen LogP contribution is 2.59. The van der Waals surface area contributed by atoms with Crippen molar-refractivity contribution in [1.29, 1.82) is 0 Å². The average molecular weight is 324 g/mol. The van der Waals surface area contributed by atoms with E-state index in [1.54, 1.807) is 0 Å². The van der Waals surface area contributed by atoms with Crippen molar-refractivity contribution in [3.05, 3.63) is 66.2 Å². The van der Waals surface area contributed by atoms with Gasteiger partial charge in [0.15, 0.2) is 0 Å². The standard InChI is InChI=1S/C21H24O3/c1-3-14-23-20(22)21(2)15-18(21)19(16-10-6-4-7-11-16)24-17-12-8-5-9-13-17/h4-13,18-19H,3,14-15H2,1-2H3. The van der Waals surface area contributed by atoms with Gasteiger partial charge in [-0.05, 0) is 37.5 Å². The highest BCUT2D eigenvalue weighted by Gasteiger charge is 2.61. The zero-order valence-corrected chi connectivity index (χ0v) is 14.3. The smallest absolute Gasteiger partial charge is 0.312 e. The minimum atomic E-state index is -0.454. The average Bonchev–Trinajstić information content (AvgIpc) is 3.32. The molecule has 3 heteroatoms. The fourth-order valence-corrected chi connectivity index (χ4v) is 3.10. The number of ether oxygens (including phenoxy) is 2. The number of esters is 1. The minimum absolute atomic E-state index is 0.105. The molecule has 0 radical (unpaired) electrons. The summed E-state index contributed by atoms with van der Waals surface area (Å²) in [5, 5.41) is 0. The third kappa shape index (κ3) is 3.45. The quantitative estimate of drug-likeness (QED) is 0.687. The summed E-state index contributed by atoms with van der Waals surface area (Å²) in [5.41, 5.74) is 0.642. The molecule has 0 saturated heterocycles. The van der Waals surface area contributed by atoms with Gasteiger partial charge >= 0.3 is 5.97 Å². The SMILES string of the molecule is CCCOC(=O)C1(C)CC1C(Oc1ccccc1)c1ccccc1. The second-order valence-corrected chi connectivity index (χ2v) is 6.63. The maximum absolute atomic E-state index is 12.4. The monoisotopic (exact) mass is 324 g/mol. The molecule has 0 spiro atoms. The Labute approximate surface area is 143 Å². The molecule has 24 heavy (non-hydrogen) atoms. The lowest BCUT2D eigenvalue weighted by molar-refractivity contribution is -0.150. The number of benzene rings is 2. The van der Waals surface area contributed by atoms with Gasteiger partial charge in [-0.3, -0.25) is 4.79 Å². The second kappa shape index (κ2) is 7.08. The van der Waals surface area contributed by atoms with Gasteiger partial charge in [-0.2, -0.15) is 0 Å². The number of hydrogen-bond donors (Lipinski definition) is 0. The van der Waals surface area contributed by atoms with E-state index in [1.807, 2.05) is 62.4 Å². The first-order valence-corrected chi connectivity index (χ1v) is 8.59. The Morgan fingerprint density at radius 1 is 1.12 bits per heavy atom. The Morgan fingerprint density at radius 2 is 1.75 bits per heavy atom. The van der Waals surface area contributed by atoms with Crippen LogP contribution in [0.25, 0.3) is 0 Å². The molecule has 2 aromatic rings. The van der Waals surface area contributed by atoms with Crippen molar-refractivity contribution < 1.29 is 14.3 Å². The first-order chi connectivity index (χ1) is 11.6. The van der Waals surface area contributed by atoms with E-state index < -0.39 is 5.41 Å². The minimum Gasteiger partial charge on any atom is -0.485 e. The first-order valence-electron chi connectivity index (χ1n) is 8.59. The Morgan fingerprint density at radius 3 is 2.38 bits per heavy atom. The molecule has 3 nitrogen and oxygen atoms in total. The number of hydrogen-bond acceptors (Lipinski definition) is 3. The molecule has 3 unspecified atom stereocenters. The largest absolute Gasteiger partial charge is 0.485 e. The summed E-state index contributed by atoms with van der Waals surface area (Å²) in [5.74, 6) is 0.846. The fourth-order valence-electron chi connectivity index (χ4n) is 3.10. The number of rotatable bonds is 7. The molecule has 0 bridgehead atoms. The summed E-state index contributed by atoms with van der Waals surface area (Å²) in [7, 11) is 0. The lowest BCUT2D eigenvalue weighted by atomic mass is 9.98. The van der Waals surface area contributed by atoms with E-state index in [1.165, 1.54) is 0 Å². The molecule has 1 aliphatic rings. The Hall–Kier alpha value is -2.29. The molecular formula is C21H24O3. The summed E-state index contributed by atoms with van der Waals surface area (Å²) < 4.78 is 11.7. The summed E-state index contributed by atoms with van der Waals surface area (Å²) in [4.78, 5) is 12.4. The topological polar surface area (TPSA) is 35.5 Å². The zero-order valence-electron chi connectivity index (χ0n) is 14.3. The van der Waals surface area contributed by atoms with Crippen LogP contribution in [-0.4, -0.2) is 12.6 Å². The number of carbonyl (C=O) groups excluding carboxylic acids is 1. The van der Waals surface area contributed by atoms with Crippen LogP contribution in [-0.2, 0) is 9.53 Å². The van der Waals surface area contributed by atoms with Crippen LogP contribution in [0.15, 0.2) is 60.7 Å². The van der Waals surface area contributed by atoms with Gasteiger partial charge in [-0.25, -0.2) is 0 Å². The van der Waals surface area contributed by atoms with Crippen LogP contribution in [0.3, 0.4) is 0 Å². The normalized spacial score (nSPS) is 23.3. The van der Waals surface area contributed by atoms with Gasteiger partial charge < -0.3 is 9.47 Å². The van der Waals surface area contributed by atoms with Gasteiger partial charge in [-0.15, -0.1) is 0 Å². The molecule has 1 aliphatic carbocycles. The van der Waals surface area contributed by atoms with Crippen LogP contribution < -0.4 is 4.74 Å². The molecule has 0 aliphatic heterocycles. The van der Waals surface area contributed by atoms with E-state index in [9.17, 15) is 4.79 Å². The third-order valence-electron chi connectivity index (χ3n) is 4.71. The summed E-state index contributed by atoms with van der Waals surface area (Å²) in [6.07, 6.45) is 1.49. The van der Waals surface area contributed by atoms with E-state index in [0.717, 1.165) is 24.2 Å². The molecule has 1 fully saturated rings. The zero-order chi connectivity index (χ0) is 17.0. The van der Waals surface area contributed by atoms with Crippen LogP contribution in [0.2, 0.25) is 0 Å². The predicted molar refractivity (Wildman–Crippen MR) is 93.7 cm³/mol. The number of carbonyl (C=O) groups is 1. The third-order valence-corrected chi connectivity index (χ3v) is 4.71. The predicted octanol–water partition coefficient (Wildman–Crippen LogP) is 4.79. The lowest BCUT2D eigenvalue weighted by Crippen LogP contribution is -2.22. The highest BCUT2D eigenvalue weighted by molar-refractivity contribution is 5.80. The van der Waals surface area contributed by atoms with Crippen molar-refractivity contribution in [2.24, 2.45) is 11.3 Å². The first kappa shape index (κ1) is 16.6. The van der Waals surface area contributed by atoms with E-state index in [4.69, 9.17) is 9.47 Å². The van der Waals surface area contributed by atoms with Crippen LogP contribution in [0, 0.1) is 11.3 Å². The van der Waals surface area contributed by atoms with Gasteiger partial charge in [0.2, 0.25) is 0 Å². The van der Waals surface area contributed by atoms with Crippen LogP contribution in [0.5, 0.6) is 5.75 Å². The molecule has 3 rings (SSSR count). The van der Waals surface area contributed by atoms with Crippen LogP contribution in [0.4, 0.5) is 0 Å². The summed E-state index contributed by atoms with van der Waals surface area (Å²) in [6.45, 7) is 4.47. The summed E-state index contributed by atoms with van der Waals surface area (Å²) >= 11 is 0. The maximum atomic E-state index is 12.4. The number of para-hydroxylation sites is 1. The molecule has 0 amide bonds. The van der Waals surface area contributed by atoms with Crippen molar-refractivity contribution in [1.82, 2.24) is 0 Å². The van der Waals surface area contributed by atoms with Crippen molar-refractivity contribution >= 4 is 5.97 Å². The molecular weight excluding hydrogens is 300 g/mol. The molecule has 126 valence electrons. The van der Waals surface area contributed by atoms with Gasteiger partial charge in [0.1, 0.15) is 11.9 Å². The van der Waals surface area contributed by atoms with Gasteiger partial charge in [0.05, 0.1) is 12.0 Å². The van der Waals surface area contributed by atoms with E-state index >= 15 is 0 Å². The van der Waals surface area contributed by atoms with E-state index in [2.05, 4.69) is 12.1 Å². The van der Waals surface area contributed by atoms with Crippen LogP contribution >= 0.6 is 0 Å². The molecule has 0 heterocycles. The van der Waals surface area contributed by atoms with Crippen molar-refractivity contribution in [2.45, 2.75) is 32.8 Å². The Balaban J connectivity index is 1.80. The molecule has 0 aromatic heterocycles. The maximum Gasteiger partial charge on any atom is 0.312 e. The summed E-state index contributed by atoms with van der Waals surface area (Å²) in [6, 6.07) is 19.9. The highest BCUT2D eigenvalue weighted by atomic mass is 16.5. The molecule has 0 N–H and O–H groups in total. The molecule has 1 saturated carbocycles. The fraction of sp³-hybridized carbons (Fsp3) is 0.381. The Kier molecular flexibility index (Phi) is 4.89. The van der Waals surface area contributed by atoms with Crippen LogP contribution in [0.1, 0.15) is 38.4 Å². The van der Waals surface area contributed by atoms with E-state index in [-0.39, 0.29) is 18.0 Å². The second-order valence-electron chi connectivity index (χ2n) is 6.63. The van der Waals surface area contributed by atoms with Crippen molar-refractivity contribution in [3.63, 3.8) is 0 Å². The molecule has 2 aromatic carbocycles. The van der Waals surface area contributed by atoms with Gasteiger partial charge in [-0.1, -0.05) is 55.5 Å². The Bertz CT molecular complexity index is 668. The van der Waals surface area contributed by atoms with E-state index in [0.29, 0.717) is 6.61 Å². The van der Waals surface area contributed by atoms with Gasteiger partial charge in [0, 0.05) is 5.92 Å². The lowest BCUT2D eigenvalue weighted by Gasteiger charge is -2.22.